The highest BCUT2D eigenvalue weighted by atomic mass is 16.4. The quantitative estimate of drug-likeness (QED) is 0.893. The summed E-state index contributed by atoms with van der Waals surface area (Å²) < 4.78 is 1.89. The lowest BCUT2D eigenvalue weighted by Crippen LogP contribution is -2.25. The zero-order valence-electron chi connectivity index (χ0n) is 11.9. The van der Waals surface area contributed by atoms with Crippen molar-refractivity contribution in [2.24, 2.45) is 0 Å². The second-order valence-corrected chi connectivity index (χ2v) is 6.03. The number of fused-ring (bicyclic) bond motifs is 1. The van der Waals surface area contributed by atoms with Gasteiger partial charge in [0.05, 0.1) is 11.6 Å². The predicted octanol–water partition coefficient (Wildman–Crippen LogP) is 2.59. The van der Waals surface area contributed by atoms with Gasteiger partial charge in [0.25, 0.3) is 0 Å². The first kappa shape index (κ1) is 14.1. The van der Waals surface area contributed by atoms with Crippen LogP contribution in [0.2, 0.25) is 0 Å². The van der Waals surface area contributed by atoms with Gasteiger partial charge in [0.15, 0.2) is 5.69 Å². The molecule has 2 aliphatic rings. The smallest absolute Gasteiger partial charge is 0.356 e. The molecule has 1 aliphatic carbocycles. The lowest BCUT2D eigenvalue weighted by molar-refractivity contribution is -0.139. The lowest BCUT2D eigenvalue weighted by atomic mass is 9.88. The molecule has 6 heteroatoms. The van der Waals surface area contributed by atoms with Gasteiger partial charge in [-0.15, -0.1) is 0 Å². The number of carbonyl (C=O) groups is 2. The molecule has 1 aromatic heterocycles. The molecule has 1 unspecified atom stereocenters. The van der Waals surface area contributed by atoms with E-state index in [1.165, 1.54) is 6.42 Å². The number of carboxylic acid groups (broad SMARTS) is 2. The highest BCUT2D eigenvalue weighted by Crippen LogP contribution is 2.38. The van der Waals surface area contributed by atoms with Crippen LogP contribution in [0.5, 0.6) is 0 Å². The minimum Gasteiger partial charge on any atom is -0.481 e. The number of aromatic nitrogens is 2. The number of hydrogen-bond acceptors (Lipinski definition) is 3. The van der Waals surface area contributed by atoms with Crippen molar-refractivity contribution in [1.29, 1.82) is 0 Å². The average molecular weight is 292 g/mol. The fraction of sp³-hybridized carbons (Fsp3) is 0.667. The van der Waals surface area contributed by atoms with Crippen molar-refractivity contribution >= 4 is 11.9 Å². The number of aliphatic carboxylic acids is 1. The van der Waals surface area contributed by atoms with E-state index in [9.17, 15) is 19.8 Å². The summed E-state index contributed by atoms with van der Waals surface area (Å²) in [5, 5.41) is 18.8. The molecule has 21 heavy (non-hydrogen) atoms. The molecular formula is C15H20N2O4. The molecule has 2 N–H and O–H groups in total. The zero-order chi connectivity index (χ0) is 15.0. The van der Waals surface area contributed by atoms with E-state index in [2.05, 4.69) is 4.98 Å². The highest BCUT2D eigenvalue weighted by Gasteiger charge is 2.36. The Labute approximate surface area is 122 Å². The number of hydrogen-bond donors (Lipinski definition) is 2. The van der Waals surface area contributed by atoms with Crippen LogP contribution in [0.25, 0.3) is 0 Å². The van der Waals surface area contributed by atoms with Gasteiger partial charge >= 0.3 is 11.9 Å². The molecule has 1 saturated carbocycles. The fourth-order valence-corrected chi connectivity index (χ4v) is 3.73. The van der Waals surface area contributed by atoms with Crippen LogP contribution in [0, 0.1) is 0 Å². The van der Waals surface area contributed by atoms with Crippen LogP contribution in [-0.4, -0.2) is 31.7 Å². The number of carboxylic acids is 2. The summed E-state index contributed by atoms with van der Waals surface area (Å²) in [6.45, 7) is 0.686. The minimum absolute atomic E-state index is 0.0531. The summed E-state index contributed by atoms with van der Waals surface area (Å²) in [6.07, 6.45) is 6.79. The number of rotatable bonds is 3. The van der Waals surface area contributed by atoms with E-state index < -0.39 is 17.9 Å². The van der Waals surface area contributed by atoms with E-state index in [-0.39, 0.29) is 11.6 Å². The van der Waals surface area contributed by atoms with Gasteiger partial charge in [-0.3, -0.25) is 4.79 Å². The molecule has 0 radical (unpaired) electrons. The molecule has 1 aliphatic heterocycles. The molecule has 3 rings (SSSR count). The van der Waals surface area contributed by atoms with Crippen LogP contribution in [0.4, 0.5) is 0 Å². The topological polar surface area (TPSA) is 92.4 Å². The van der Waals surface area contributed by atoms with E-state index in [0.717, 1.165) is 37.9 Å². The Balaban J connectivity index is 2.08. The largest absolute Gasteiger partial charge is 0.481 e. The Morgan fingerprint density at radius 1 is 1.05 bits per heavy atom. The first-order valence-corrected chi connectivity index (χ1v) is 7.66. The van der Waals surface area contributed by atoms with E-state index >= 15 is 0 Å². The van der Waals surface area contributed by atoms with Crippen LogP contribution in [0.3, 0.4) is 0 Å². The van der Waals surface area contributed by atoms with Gasteiger partial charge in [-0.2, -0.15) is 0 Å². The fourth-order valence-electron chi connectivity index (χ4n) is 3.73. The third kappa shape index (κ3) is 2.43. The summed E-state index contributed by atoms with van der Waals surface area (Å²) in [5.74, 6) is -1.73. The third-order valence-corrected chi connectivity index (χ3v) is 4.71. The molecule has 114 valence electrons. The number of aromatic carboxylic acids is 1. The Morgan fingerprint density at radius 3 is 2.38 bits per heavy atom. The van der Waals surface area contributed by atoms with Crippen molar-refractivity contribution in [2.75, 3.05) is 0 Å². The summed E-state index contributed by atoms with van der Waals surface area (Å²) >= 11 is 0. The molecule has 6 nitrogen and oxygen atoms in total. The van der Waals surface area contributed by atoms with E-state index in [1.54, 1.807) is 0 Å². The van der Waals surface area contributed by atoms with E-state index in [0.29, 0.717) is 18.7 Å². The van der Waals surface area contributed by atoms with Gasteiger partial charge in [-0.25, -0.2) is 9.78 Å². The zero-order valence-corrected chi connectivity index (χ0v) is 11.9. The van der Waals surface area contributed by atoms with Crippen LogP contribution < -0.4 is 0 Å². The van der Waals surface area contributed by atoms with Crippen LogP contribution in [-0.2, 0) is 11.3 Å². The first-order chi connectivity index (χ1) is 10.1. The summed E-state index contributed by atoms with van der Waals surface area (Å²) in [7, 11) is 0. The third-order valence-electron chi connectivity index (χ3n) is 4.71. The Kier molecular flexibility index (Phi) is 3.69. The van der Waals surface area contributed by atoms with Crippen molar-refractivity contribution < 1.29 is 19.8 Å². The molecule has 1 aromatic rings. The maximum atomic E-state index is 11.5. The van der Waals surface area contributed by atoms with Crippen LogP contribution >= 0.6 is 0 Å². The van der Waals surface area contributed by atoms with Gasteiger partial charge < -0.3 is 14.8 Å². The van der Waals surface area contributed by atoms with Gasteiger partial charge in [0.2, 0.25) is 0 Å². The molecular weight excluding hydrogens is 272 g/mol. The van der Waals surface area contributed by atoms with E-state index in [1.807, 2.05) is 4.57 Å². The lowest BCUT2D eigenvalue weighted by Gasteiger charge is -2.26. The second kappa shape index (κ2) is 5.50. The predicted molar refractivity (Wildman–Crippen MR) is 74.6 cm³/mol. The molecule has 0 spiro atoms. The van der Waals surface area contributed by atoms with Gasteiger partial charge in [0, 0.05) is 12.5 Å². The van der Waals surface area contributed by atoms with Crippen molar-refractivity contribution in [1.82, 2.24) is 9.55 Å². The van der Waals surface area contributed by atoms with Crippen LogP contribution in [0.1, 0.15) is 78.8 Å². The average Bonchev–Trinajstić information content (AvgIpc) is 2.87. The first-order valence-electron chi connectivity index (χ1n) is 7.66. The maximum Gasteiger partial charge on any atom is 0.356 e. The highest BCUT2D eigenvalue weighted by molar-refractivity contribution is 5.90. The van der Waals surface area contributed by atoms with Crippen molar-refractivity contribution in [2.45, 2.75) is 63.3 Å². The summed E-state index contributed by atoms with van der Waals surface area (Å²) in [4.78, 5) is 27.3. The molecule has 2 heterocycles. The maximum absolute atomic E-state index is 11.5. The van der Waals surface area contributed by atoms with Gasteiger partial charge in [-0.1, -0.05) is 19.3 Å². The standard InChI is InChI=1S/C15H20N2O4/c18-14(19)10-7-4-8-17-12(10)11(15(20)21)16-13(17)9-5-2-1-3-6-9/h9-10H,1-8H2,(H,18,19)(H,20,21). The van der Waals surface area contributed by atoms with E-state index in [4.69, 9.17) is 0 Å². The molecule has 0 bridgehead atoms. The SMILES string of the molecule is O=C(O)c1nc(C2CCCCC2)n2c1C(C(=O)O)CCC2. The minimum atomic E-state index is -1.12. The normalized spacial score (nSPS) is 22.8. The molecule has 0 aromatic carbocycles. The molecule has 1 fully saturated rings. The van der Waals surface area contributed by atoms with Gasteiger partial charge in [-0.05, 0) is 25.7 Å². The second-order valence-electron chi connectivity index (χ2n) is 6.03. The molecule has 1 atom stereocenters. The summed E-state index contributed by atoms with van der Waals surface area (Å²) in [6, 6.07) is 0. The number of imidazole rings is 1. The molecule has 0 saturated heterocycles. The van der Waals surface area contributed by atoms with Gasteiger partial charge in [0.1, 0.15) is 5.82 Å². The monoisotopic (exact) mass is 292 g/mol. The van der Waals surface area contributed by atoms with Crippen LogP contribution in [0.15, 0.2) is 0 Å². The van der Waals surface area contributed by atoms with Crippen molar-refractivity contribution in [3.05, 3.63) is 17.2 Å². The Hall–Kier alpha value is -1.85. The Bertz CT molecular complexity index is 572. The van der Waals surface area contributed by atoms with Crippen molar-refractivity contribution in [3.8, 4) is 0 Å². The summed E-state index contributed by atoms with van der Waals surface area (Å²) in [5.41, 5.74) is 0.351. The molecule has 0 amide bonds. The van der Waals surface area contributed by atoms with Crippen molar-refractivity contribution in [3.63, 3.8) is 0 Å². The Morgan fingerprint density at radius 2 is 1.76 bits per heavy atom. The number of nitrogens with zero attached hydrogens (tertiary/aromatic N) is 2.